The maximum atomic E-state index is 12.4. The lowest BCUT2D eigenvalue weighted by Gasteiger charge is -2.25. The molecule has 0 radical (unpaired) electrons. The van der Waals surface area contributed by atoms with Gasteiger partial charge in [0, 0.05) is 11.9 Å². The predicted molar refractivity (Wildman–Crippen MR) is 96.6 cm³/mol. The third-order valence-corrected chi connectivity index (χ3v) is 4.78. The van der Waals surface area contributed by atoms with Gasteiger partial charge in [-0.1, -0.05) is 26.0 Å². The van der Waals surface area contributed by atoms with Gasteiger partial charge in [0.15, 0.2) is 0 Å². The lowest BCUT2D eigenvalue weighted by Crippen LogP contribution is -2.42. The standard InChI is InChI=1S/C18H22N2O3S/c1-3-18(23,4-2)12-19-17(22)14-7-5-6-8-15(14)20-16(21)13-9-10-24-11-13/h5-11,23H,3-4,12H2,1-2H3,(H,19,22)(H,20,21). The Kier molecular flexibility index (Phi) is 6.11. The molecular weight excluding hydrogens is 324 g/mol. The quantitative estimate of drug-likeness (QED) is 0.720. The molecule has 0 bridgehead atoms. The zero-order chi connectivity index (χ0) is 17.6. The lowest BCUT2D eigenvalue weighted by molar-refractivity contribution is 0.0314. The van der Waals surface area contributed by atoms with Gasteiger partial charge >= 0.3 is 0 Å². The summed E-state index contributed by atoms with van der Waals surface area (Å²) in [5.41, 5.74) is 0.463. The number of benzene rings is 1. The van der Waals surface area contributed by atoms with Crippen molar-refractivity contribution in [3.63, 3.8) is 0 Å². The van der Waals surface area contributed by atoms with Crippen LogP contribution in [-0.2, 0) is 0 Å². The first-order chi connectivity index (χ1) is 11.5. The fourth-order valence-corrected chi connectivity index (χ4v) is 2.85. The highest BCUT2D eigenvalue weighted by molar-refractivity contribution is 7.08. The molecule has 0 atom stereocenters. The Morgan fingerprint density at radius 1 is 1.12 bits per heavy atom. The number of thiophene rings is 1. The van der Waals surface area contributed by atoms with Crippen LogP contribution in [0, 0.1) is 0 Å². The molecule has 0 fully saturated rings. The number of nitrogens with one attached hydrogen (secondary N) is 2. The molecule has 24 heavy (non-hydrogen) atoms. The van der Waals surface area contributed by atoms with Gasteiger partial charge in [0.2, 0.25) is 0 Å². The van der Waals surface area contributed by atoms with Crippen molar-refractivity contribution < 1.29 is 14.7 Å². The van der Waals surface area contributed by atoms with Gasteiger partial charge in [-0.3, -0.25) is 9.59 Å². The van der Waals surface area contributed by atoms with Crippen LogP contribution in [0.4, 0.5) is 5.69 Å². The van der Waals surface area contributed by atoms with E-state index in [4.69, 9.17) is 0 Å². The first kappa shape index (κ1) is 18.2. The highest BCUT2D eigenvalue weighted by Gasteiger charge is 2.23. The molecule has 128 valence electrons. The van der Waals surface area contributed by atoms with Gasteiger partial charge in [-0.05, 0) is 36.4 Å². The average molecular weight is 346 g/mol. The minimum Gasteiger partial charge on any atom is -0.388 e. The molecule has 2 aromatic rings. The Labute approximate surface area is 145 Å². The van der Waals surface area contributed by atoms with Gasteiger partial charge in [-0.2, -0.15) is 11.3 Å². The Balaban J connectivity index is 2.10. The van der Waals surface area contributed by atoms with Gasteiger partial charge in [0.25, 0.3) is 11.8 Å². The molecule has 0 saturated heterocycles. The second-order valence-electron chi connectivity index (χ2n) is 5.63. The topological polar surface area (TPSA) is 78.4 Å². The zero-order valence-electron chi connectivity index (χ0n) is 13.8. The number of amides is 2. The van der Waals surface area contributed by atoms with E-state index in [1.165, 1.54) is 11.3 Å². The maximum absolute atomic E-state index is 12.4. The van der Waals surface area contributed by atoms with Crippen LogP contribution in [0.3, 0.4) is 0 Å². The van der Waals surface area contributed by atoms with E-state index >= 15 is 0 Å². The Bertz CT molecular complexity index is 694. The lowest BCUT2D eigenvalue weighted by atomic mass is 9.97. The zero-order valence-corrected chi connectivity index (χ0v) is 14.7. The van der Waals surface area contributed by atoms with Crippen molar-refractivity contribution in [1.82, 2.24) is 5.32 Å². The molecular formula is C18H22N2O3S. The van der Waals surface area contributed by atoms with Crippen molar-refractivity contribution in [1.29, 1.82) is 0 Å². The van der Waals surface area contributed by atoms with Gasteiger partial charge < -0.3 is 15.7 Å². The van der Waals surface area contributed by atoms with Crippen molar-refractivity contribution in [2.75, 3.05) is 11.9 Å². The molecule has 3 N–H and O–H groups in total. The fraction of sp³-hybridized carbons (Fsp3) is 0.333. The smallest absolute Gasteiger partial charge is 0.256 e. The summed E-state index contributed by atoms with van der Waals surface area (Å²) in [6.45, 7) is 3.93. The second kappa shape index (κ2) is 8.08. The van der Waals surface area contributed by atoms with E-state index in [1.54, 1.807) is 35.7 Å². The monoisotopic (exact) mass is 346 g/mol. The van der Waals surface area contributed by atoms with E-state index in [1.807, 2.05) is 19.2 Å². The maximum Gasteiger partial charge on any atom is 0.256 e. The van der Waals surface area contributed by atoms with Crippen molar-refractivity contribution in [2.24, 2.45) is 0 Å². The van der Waals surface area contributed by atoms with Crippen molar-refractivity contribution in [3.05, 3.63) is 52.2 Å². The normalized spacial score (nSPS) is 11.1. The summed E-state index contributed by atoms with van der Waals surface area (Å²) in [5, 5.41) is 19.4. The molecule has 0 aliphatic carbocycles. The molecule has 0 spiro atoms. The number of rotatable bonds is 7. The Morgan fingerprint density at radius 2 is 1.83 bits per heavy atom. The van der Waals surface area contributed by atoms with Crippen LogP contribution in [0.1, 0.15) is 47.4 Å². The highest BCUT2D eigenvalue weighted by atomic mass is 32.1. The molecule has 0 aliphatic rings. The number of carbonyl (C=O) groups is 2. The number of hydrogen-bond donors (Lipinski definition) is 3. The van der Waals surface area contributed by atoms with E-state index in [2.05, 4.69) is 10.6 Å². The van der Waals surface area contributed by atoms with Crippen LogP contribution in [0.5, 0.6) is 0 Å². The van der Waals surface area contributed by atoms with Crippen LogP contribution in [0.25, 0.3) is 0 Å². The molecule has 0 saturated carbocycles. The first-order valence-electron chi connectivity index (χ1n) is 7.92. The van der Waals surface area contributed by atoms with Crippen LogP contribution >= 0.6 is 11.3 Å². The van der Waals surface area contributed by atoms with Gasteiger partial charge in [0.05, 0.1) is 22.4 Å². The minimum absolute atomic E-state index is 0.172. The van der Waals surface area contributed by atoms with Crippen molar-refractivity contribution >= 4 is 28.8 Å². The van der Waals surface area contributed by atoms with Gasteiger partial charge in [0.1, 0.15) is 0 Å². The van der Waals surface area contributed by atoms with Crippen molar-refractivity contribution in [3.8, 4) is 0 Å². The summed E-state index contributed by atoms with van der Waals surface area (Å²) in [7, 11) is 0. The van der Waals surface area contributed by atoms with Crippen LogP contribution in [-0.4, -0.2) is 29.1 Å². The molecule has 0 unspecified atom stereocenters. The van der Waals surface area contributed by atoms with Gasteiger partial charge in [-0.15, -0.1) is 0 Å². The summed E-state index contributed by atoms with van der Waals surface area (Å²) >= 11 is 1.44. The summed E-state index contributed by atoms with van der Waals surface area (Å²) in [5.74, 6) is -0.577. The SMILES string of the molecule is CCC(O)(CC)CNC(=O)c1ccccc1NC(=O)c1ccsc1. The number of carbonyl (C=O) groups excluding carboxylic acids is 2. The largest absolute Gasteiger partial charge is 0.388 e. The summed E-state index contributed by atoms with van der Waals surface area (Å²) in [6, 6.07) is 8.56. The molecule has 0 aliphatic heterocycles. The predicted octanol–water partition coefficient (Wildman–Crippen LogP) is 3.28. The number of anilines is 1. The molecule has 1 heterocycles. The van der Waals surface area contributed by atoms with Crippen molar-refractivity contribution in [2.45, 2.75) is 32.3 Å². The van der Waals surface area contributed by atoms with Crippen LogP contribution in [0.15, 0.2) is 41.1 Å². The second-order valence-corrected chi connectivity index (χ2v) is 6.41. The van der Waals surface area contributed by atoms with E-state index in [-0.39, 0.29) is 18.4 Å². The molecule has 1 aromatic carbocycles. The average Bonchev–Trinajstić information content (AvgIpc) is 3.14. The number of hydrogen-bond acceptors (Lipinski definition) is 4. The highest BCUT2D eigenvalue weighted by Crippen LogP contribution is 2.18. The van der Waals surface area contributed by atoms with E-state index < -0.39 is 5.60 Å². The summed E-state index contributed by atoms with van der Waals surface area (Å²) in [4.78, 5) is 24.6. The van der Waals surface area contributed by atoms with Crippen LogP contribution in [0.2, 0.25) is 0 Å². The van der Waals surface area contributed by atoms with Crippen LogP contribution < -0.4 is 10.6 Å². The van der Waals surface area contributed by atoms with Gasteiger partial charge in [-0.25, -0.2) is 0 Å². The van der Waals surface area contributed by atoms with E-state index in [0.717, 1.165) is 0 Å². The molecule has 2 rings (SSSR count). The Morgan fingerprint density at radius 3 is 2.46 bits per heavy atom. The molecule has 2 amide bonds. The first-order valence-corrected chi connectivity index (χ1v) is 8.86. The molecule has 6 heteroatoms. The fourth-order valence-electron chi connectivity index (χ4n) is 2.22. The number of aliphatic hydroxyl groups is 1. The summed E-state index contributed by atoms with van der Waals surface area (Å²) < 4.78 is 0. The van der Waals surface area contributed by atoms with E-state index in [9.17, 15) is 14.7 Å². The molecule has 1 aromatic heterocycles. The minimum atomic E-state index is -0.912. The Hall–Kier alpha value is -2.18. The summed E-state index contributed by atoms with van der Waals surface area (Å²) in [6.07, 6.45) is 1.11. The van der Waals surface area contributed by atoms with E-state index in [0.29, 0.717) is 29.7 Å². The number of para-hydroxylation sites is 1. The third kappa shape index (κ3) is 4.43. The third-order valence-electron chi connectivity index (χ3n) is 4.10. The molecule has 5 nitrogen and oxygen atoms in total.